The van der Waals surface area contributed by atoms with Gasteiger partial charge in [0.25, 0.3) is 5.91 Å². The molecule has 0 saturated heterocycles. The van der Waals surface area contributed by atoms with E-state index in [1.165, 1.54) is 4.88 Å². The van der Waals surface area contributed by atoms with E-state index in [-0.39, 0.29) is 5.91 Å². The molecular weight excluding hydrogens is 348 g/mol. The van der Waals surface area contributed by atoms with Crippen molar-refractivity contribution in [3.8, 4) is 0 Å². The van der Waals surface area contributed by atoms with Gasteiger partial charge in [-0.1, -0.05) is 6.92 Å². The molecule has 5 heteroatoms. The highest BCUT2D eigenvalue weighted by molar-refractivity contribution is 9.11. The van der Waals surface area contributed by atoms with Crippen molar-refractivity contribution in [2.24, 2.45) is 0 Å². The lowest BCUT2D eigenvalue weighted by Crippen LogP contribution is -2.25. The van der Waals surface area contributed by atoms with Crippen molar-refractivity contribution in [2.45, 2.75) is 19.8 Å². The Labute approximate surface area is 137 Å². The van der Waals surface area contributed by atoms with E-state index >= 15 is 0 Å². The second-order valence-electron chi connectivity index (χ2n) is 4.72. The maximum absolute atomic E-state index is 12.0. The zero-order valence-electron chi connectivity index (χ0n) is 12.0. The summed E-state index contributed by atoms with van der Waals surface area (Å²) in [6.45, 7) is 3.73. The van der Waals surface area contributed by atoms with Gasteiger partial charge in [0, 0.05) is 29.2 Å². The van der Waals surface area contributed by atoms with Gasteiger partial charge in [-0.05, 0) is 65.2 Å². The van der Waals surface area contributed by atoms with Gasteiger partial charge in [0.2, 0.25) is 0 Å². The van der Waals surface area contributed by atoms with Gasteiger partial charge < -0.3 is 10.6 Å². The van der Waals surface area contributed by atoms with Crippen LogP contribution in [0.25, 0.3) is 0 Å². The summed E-state index contributed by atoms with van der Waals surface area (Å²) in [6.07, 6.45) is 1.94. The largest absolute Gasteiger partial charge is 0.385 e. The molecule has 0 unspecified atom stereocenters. The summed E-state index contributed by atoms with van der Waals surface area (Å²) in [5, 5.41) is 6.24. The van der Waals surface area contributed by atoms with E-state index in [1.807, 2.05) is 30.3 Å². The van der Waals surface area contributed by atoms with Gasteiger partial charge in [-0.15, -0.1) is 11.3 Å². The van der Waals surface area contributed by atoms with Crippen molar-refractivity contribution >= 4 is 38.9 Å². The lowest BCUT2D eigenvalue weighted by Gasteiger charge is -2.07. The van der Waals surface area contributed by atoms with E-state index in [4.69, 9.17) is 0 Å². The number of anilines is 1. The number of nitrogens with one attached hydrogen (secondary N) is 2. The highest BCUT2D eigenvalue weighted by atomic mass is 79.9. The number of carbonyl (C=O) groups is 1. The maximum Gasteiger partial charge on any atom is 0.251 e. The third kappa shape index (κ3) is 5.17. The number of halogens is 1. The first-order chi connectivity index (χ1) is 10.2. The smallest absolute Gasteiger partial charge is 0.251 e. The van der Waals surface area contributed by atoms with Gasteiger partial charge in [0.1, 0.15) is 0 Å². The molecule has 1 aromatic carbocycles. The first-order valence-electron chi connectivity index (χ1n) is 7.05. The fourth-order valence-electron chi connectivity index (χ4n) is 1.90. The summed E-state index contributed by atoms with van der Waals surface area (Å²) in [7, 11) is 0. The third-order valence-electron chi connectivity index (χ3n) is 3.01. The maximum atomic E-state index is 12.0. The van der Waals surface area contributed by atoms with E-state index in [0.717, 1.165) is 28.9 Å². The molecule has 0 radical (unpaired) electrons. The Morgan fingerprint density at radius 2 is 1.90 bits per heavy atom. The average Bonchev–Trinajstić information content (AvgIpc) is 2.91. The number of amides is 1. The summed E-state index contributed by atoms with van der Waals surface area (Å²) in [6, 6.07) is 11.7. The van der Waals surface area contributed by atoms with E-state index in [1.54, 1.807) is 11.3 Å². The molecule has 2 N–H and O–H groups in total. The Kier molecular flexibility index (Phi) is 6.26. The van der Waals surface area contributed by atoms with Crippen LogP contribution in [0.15, 0.2) is 40.2 Å². The fourth-order valence-corrected chi connectivity index (χ4v) is 3.38. The molecule has 2 aromatic rings. The lowest BCUT2D eigenvalue weighted by atomic mass is 10.2. The molecule has 0 saturated carbocycles. The molecule has 1 heterocycles. The molecular formula is C16H19BrN2OS. The van der Waals surface area contributed by atoms with Crippen LogP contribution in [0.4, 0.5) is 5.69 Å². The minimum absolute atomic E-state index is 0.0207. The molecule has 1 amide bonds. The van der Waals surface area contributed by atoms with Crippen molar-refractivity contribution in [2.75, 3.05) is 18.4 Å². The standard InChI is InChI=1S/C16H19BrN2OS/c1-2-10-18-13-5-3-12(4-6-13)16(20)19-11-9-14-7-8-15(17)21-14/h3-8,18H,2,9-11H2,1H3,(H,19,20). The number of hydrogen-bond donors (Lipinski definition) is 2. The molecule has 112 valence electrons. The predicted molar refractivity (Wildman–Crippen MR) is 93.3 cm³/mol. The van der Waals surface area contributed by atoms with Gasteiger partial charge in [0.05, 0.1) is 3.79 Å². The second-order valence-corrected chi connectivity index (χ2v) is 7.26. The molecule has 0 spiro atoms. The highest BCUT2D eigenvalue weighted by Gasteiger charge is 2.05. The van der Waals surface area contributed by atoms with Crippen LogP contribution < -0.4 is 10.6 Å². The Morgan fingerprint density at radius 1 is 1.14 bits per heavy atom. The minimum atomic E-state index is -0.0207. The van der Waals surface area contributed by atoms with Crippen molar-refractivity contribution in [1.82, 2.24) is 5.32 Å². The molecule has 21 heavy (non-hydrogen) atoms. The zero-order chi connectivity index (χ0) is 15.1. The van der Waals surface area contributed by atoms with Crippen LogP contribution in [0.2, 0.25) is 0 Å². The Balaban J connectivity index is 1.79. The second kappa shape index (κ2) is 8.20. The molecule has 0 fully saturated rings. The van der Waals surface area contributed by atoms with E-state index in [9.17, 15) is 4.79 Å². The van der Waals surface area contributed by atoms with E-state index in [2.05, 4.69) is 39.6 Å². The number of benzene rings is 1. The topological polar surface area (TPSA) is 41.1 Å². The summed E-state index contributed by atoms with van der Waals surface area (Å²) < 4.78 is 1.12. The highest BCUT2D eigenvalue weighted by Crippen LogP contribution is 2.22. The Morgan fingerprint density at radius 3 is 2.52 bits per heavy atom. The van der Waals surface area contributed by atoms with Gasteiger partial charge in [-0.25, -0.2) is 0 Å². The molecule has 0 bridgehead atoms. The van der Waals surface area contributed by atoms with Crippen LogP contribution in [0.5, 0.6) is 0 Å². The number of rotatable bonds is 7. The van der Waals surface area contributed by atoms with Crippen LogP contribution in [0.3, 0.4) is 0 Å². The van der Waals surface area contributed by atoms with Gasteiger partial charge in [-0.3, -0.25) is 4.79 Å². The normalized spacial score (nSPS) is 10.4. The van der Waals surface area contributed by atoms with Gasteiger partial charge in [0.15, 0.2) is 0 Å². The monoisotopic (exact) mass is 366 g/mol. The number of carbonyl (C=O) groups excluding carboxylic acids is 1. The summed E-state index contributed by atoms with van der Waals surface area (Å²) in [5.74, 6) is -0.0207. The molecule has 0 aliphatic carbocycles. The minimum Gasteiger partial charge on any atom is -0.385 e. The zero-order valence-corrected chi connectivity index (χ0v) is 14.4. The Hall–Kier alpha value is -1.33. The third-order valence-corrected chi connectivity index (χ3v) is 4.70. The van der Waals surface area contributed by atoms with Crippen LogP contribution in [-0.4, -0.2) is 19.0 Å². The van der Waals surface area contributed by atoms with Crippen LogP contribution in [0.1, 0.15) is 28.6 Å². The number of thiophene rings is 1. The first kappa shape index (κ1) is 16.0. The summed E-state index contributed by atoms with van der Waals surface area (Å²) in [4.78, 5) is 13.3. The Bertz CT molecular complexity index is 580. The number of hydrogen-bond acceptors (Lipinski definition) is 3. The SMILES string of the molecule is CCCNc1ccc(C(=O)NCCc2ccc(Br)s2)cc1. The molecule has 3 nitrogen and oxygen atoms in total. The average molecular weight is 367 g/mol. The summed E-state index contributed by atoms with van der Waals surface area (Å²) in [5.41, 5.74) is 1.75. The lowest BCUT2D eigenvalue weighted by molar-refractivity contribution is 0.0954. The quantitative estimate of drug-likeness (QED) is 0.766. The first-order valence-corrected chi connectivity index (χ1v) is 8.66. The molecule has 0 aliphatic rings. The van der Waals surface area contributed by atoms with Gasteiger partial charge >= 0.3 is 0 Å². The predicted octanol–water partition coefficient (Wildman–Crippen LogP) is 4.31. The van der Waals surface area contributed by atoms with Crippen molar-refractivity contribution < 1.29 is 4.79 Å². The van der Waals surface area contributed by atoms with E-state index in [0.29, 0.717) is 12.1 Å². The van der Waals surface area contributed by atoms with Crippen LogP contribution in [0, 0.1) is 0 Å². The van der Waals surface area contributed by atoms with Crippen molar-refractivity contribution in [3.05, 3.63) is 50.6 Å². The molecule has 0 atom stereocenters. The van der Waals surface area contributed by atoms with Crippen LogP contribution in [-0.2, 0) is 6.42 Å². The van der Waals surface area contributed by atoms with Crippen molar-refractivity contribution in [1.29, 1.82) is 0 Å². The summed E-state index contributed by atoms with van der Waals surface area (Å²) >= 11 is 5.14. The molecule has 0 aliphatic heterocycles. The van der Waals surface area contributed by atoms with Crippen LogP contribution >= 0.6 is 27.3 Å². The van der Waals surface area contributed by atoms with Crippen molar-refractivity contribution in [3.63, 3.8) is 0 Å². The fraction of sp³-hybridized carbons (Fsp3) is 0.312. The molecule has 1 aromatic heterocycles. The van der Waals surface area contributed by atoms with Gasteiger partial charge in [-0.2, -0.15) is 0 Å². The van der Waals surface area contributed by atoms with E-state index < -0.39 is 0 Å². The molecule has 2 rings (SSSR count).